The minimum absolute atomic E-state index is 0.0809. The second-order valence-electron chi connectivity index (χ2n) is 5.14. The molecule has 2 aromatic heterocycles. The van der Waals surface area contributed by atoms with Crippen molar-refractivity contribution in [3.63, 3.8) is 0 Å². The van der Waals surface area contributed by atoms with Crippen molar-refractivity contribution < 1.29 is 4.79 Å². The van der Waals surface area contributed by atoms with E-state index in [1.165, 1.54) is 0 Å². The summed E-state index contributed by atoms with van der Waals surface area (Å²) < 4.78 is 1.92. The maximum Gasteiger partial charge on any atom is 0.251 e. The Hall–Kier alpha value is -3.02. The van der Waals surface area contributed by atoms with E-state index in [9.17, 15) is 4.79 Å². The molecule has 0 aliphatic rings. The van der Waals surface area contributed by atoms with Crippen molar-refractivity contribution in [1.29, 1.82) is 0 Å². The van der Waals surface area contributed by atoms with Crippen LogP contribution in [-0.4, -0.2) is 32.0 Å². The minimum atomic E-state index is -0.0809. The van der Waals surface area contributed by atoms with Gasteiger partial charge in [-0.2, -0.15) is 0 Å². The van der Waals surface area contributed by atoms with E-state index in [-0.39, 0.29) is 5.91 Å². The third-order valence-electron chi connectivity index (χ3n) is 3.43. The Morgan fingerprint density at radius 3 is 2.57 bits per heavy atom. The average molecular weight is 307 g/mol. The molecule has 23 heavy (non-hydrogen) atoms. The van der Waals surface area contributed by atoms with Crippen LogP contribution in [0, 0.1) is 6.92 Å². The molecule has 0 saturated heterocycles. The fraction of sp³-hybridized carbons (Fsp3) is 0.176. The smallest absolute Gasteiger partial charge is 0.251 e. The Kier molecular flexibility index (Phi) is 4.42. The standard InChI is InChI=1S/C17H17N5O/c1-13-3-5-14(6-4-13)17(23)21-10-12-22-11-9-20-16(22)15-18-7-2-8-19-15/h2-9,11H,10,12H2,1H3,(H,21,23). The number of nitrogens with one attached hydrogen (secondary N) is 1. The number of carbonyl (C=O) groups is 1. The Bertz CT molecular complexity index is 780. The molecule has 0 spiro atoms. The van der Waals surface area contributed by atoms with E-state index < -0.39 is 0 Å². The lowest BCUT2D eigenvalue weighted by Crippen LogP contribution is -2.27. The van der Waals surface area contributed by atoms with Crippen molar-refractivity contribution in [2.24, 2.45) is 0 Å². The lowest BCUT2D eigenvalue weighted by Gasteiger charge is -2.08. The fourth-order valence-corrected chi connectivity index (χ4v) is 2.21. The molecule has 0 bridgehead atoms. The van der Waals surface area contributed by atoms with Gasteiger partial charge in [-0.15, -0.1) is 0 Å². The van der Waals surface area contributed by atoms with Gasteiger partial charge in [-0.05, 0) is 25.1 Å². The summed E-state index contributed by atoms with van der Waals surface area (Å²) in [4.78, 5) is 24.8. The van der Waals surface area contributed by atoms with Gasteiger partial charge in [0.25, 0.3) is 5.91 Å². The van der Waals surface area contributed by atoms with Crippen LogP contribution in [0.3, 0.4) is 0 Å². The van der Waals surface area contributed by atoms with Crippen molar-refractivity contribution >= 4 is 5.91 Å². The molecule has 0 saturated carbocycles. The third kappa shape index (κ3) is 3.60. The summed E-state index contributed by atoms with van der Waals surface area (Å²) in [5.41, 5.74) is 1.79. The summed E-state index contributed by atoms with van der Waals surface area (Å²) >= 11 is 0. The normalized spacial score (nSPS) is 10.5. The van der Waals surface area contributed by atoms with Crippen LogP contribution >= 0.6 is 0 Å². The van der Waals surface area contributed by atoms with E-state index in [1.54, 1.807) is 24.7 Å². The van der Waals surface area contributed by atoms with Crippen molar-refractivity contribution in [3.8, 4) is 11.6 Å². The summed E-state index contributed by atoms with van der Waals surface area (Å²) in [7, 11) is 0. The Labute approximate surface area is 134 Å². The van der Waals surface area contributed by atoms with Gasteiger partial charge in [0.2, 0.25) is 0 Å². The molecular weight excluding hydrogens is 290 g/mol. The molecule has 1 aromatic carbocycles. The monoisotopic (exact) mass is 307 g/mol. The lowest BCUT2D eigenvalue weighted by atomic mass is 10.1. The Morgan fingerprint density at radius 2 is 1.83 bits per heavy atom. The van der Waals surface area contributed by atoms with Gasteiger partial charge >= 0.3 is 0 Å². The molecule has 0 atom stereocenters. The summed E-state index contributed by atoms with van der Waals surface area (Å²) in [5.74, 6) is 1.18. The van der Waals surface area contributed by atoms with Crippen LogP contribution in [-0.2, 0) is 6.54 Å². The van der Waals surface area contributed by atoms with Gasteiger partial charge in [-0.1, -0.05) is 17.7 Å². The van der Waals surface area contributed by atoms with Crippen LogP contribution in [0.4, 0.5) is 0 Å². The first-order chi connectivity index (χ1) is 11.2. The molecule has 0 aliphatic heterocycles. The van der Waals surface area contributed by atoms with E-state index in [2.05, 4.69) is 20.3 Å². The molecule has 1 amide bonds. The predicted molar refractivity (Wildman–Crippen MR) is 86.8 cm³/mol. The Morgan fingerprint density at radius 1 is 1.09 bits per heavy atom. The maximum absolute atomic E-state index is 12.1. The first kappa shape index (κ1) is 14.9. The number of aryl methyl sites for hydroxylation is 1. The topological polar surface area (TPSA) is 72.7 Å². The van der Waals surface area contributed by atoms with Crippen LogP contribution in [0.15, 0.2) is 55.1 Å². The van der Waals surface area contributed by atoms with Gasteiger partial charge in [0, 0.05) is 43.4 Å². The van der Waals surface area contributed by atoms with Crippen molar-refractivity contribution in [3.05, 3.63) is 66.2 Å². The zero-order valence-electron chi connectivity index (χ0n) is 12.8. The summed E-state index contributed by atoms with van der Waals surface area (Å²) in [6.07, 6.45) is 6.91. The summed E-state index contributed by atoms with van der Waals surface area (Å²) in [6, 6.07) is 9.26. The molecule has 2 heterocycles. The first-order valence-corrected chi connectivity index (χ1v) is 7.37. The van der Waals surface area contributed by atoms with Crippen molar-refractivity contribution in [2.75, 3.05) is 6.54 Å². The highest BCUT2D eigenvalue weighted by atomic mass is 16.1. The fourth-order valence-electron chi connectivity index (χ4n) is 2.21. The average Bonchev–Trinajstić information content (AvgIpc) is 3.05. The molecule has 6 heteroatoms. The lowest BCUT2D eigenvalue weighted by molar-refractivity contribution is 0.0952. The predicted octanol–water partition coefficient (Wildman–Crippen LogP) is 2.08. The highest BCUT2D eigenvalue weighted by Gasteiger charge is 2.09. The maximum atomic E-state index is 12.1. The van der Waals surface area contributed by atoms with Gasteiger partial charge in [-0.25, -0.2) is 15.0 Å². The second-order valence-corrected chi connectivity index (χ2v) is 5.14. The molecule has 3 rings (SSSR count). The number of benzene rings is 1. The quantitative estimate of drug-likeness (QED) is 0.783. The third-order valence-corrected chi connectivity index (χ3v) is 3.43. The molecule has 1 N–H and O–H groups in total. The van der Waals surface area contributed by atoms with Crippen LogP contribution in [0.2, 0.25) is 0 Å². The van der Waals surface area contributed by atoms with Gasteiger partial charge < -0.3 is 9.88 Å². The van der Waals surface area contributed by atoms with Gasteiger partial charge in [0.1, 0.15) is 0 Å². The van der Waals surface area contributed by atoms with Crippen LogP contribution in [0.5, 0.6) is 0 Å². The van der Waals surface area contributed by atoms with Crippen LogP contribution in [0.1, 0.15) is 15.9 Å². The van der Waals surface area contributed by atoms with E-state index in [4.69, 9.17) is 0 Å². The van der Waals surface area contributed by atoms with E-state index in [0.29, 0.717) is 30.3 Å². The summed E-state index contributed by atoms with van der Waals surface area (Å²) in [6.45, 7) is 3.10. The number of nitrogens with zero attached hydrogens (tertiary/aromatic N) is 4. The zero-order valence-corrected chi connectivity index (χ0v) is 12.8. The molecule has 0 fully saturated rings. The van der Waals surface area contributed by atoms with Gasteiger partial charge in [0.05, 0.1) is 0 Å². The number of hydrogen-bond acceptors (Lipinski definition) is 4. The van der Waals surface area contributed by atoms with Crippen LogP contribution in [0.25, 0.3) is 11.6 Å². The number of rotatable bonds is 5. The first-order valence-electron chi connectivity index (χ1n) is 7.37. The number of aromatic nitrogens is 4. The van der Waals surface area contributed by atoms with E-state index in [1.807, 2.05) is 42.0 Å². The molecule has 0 radical (unpaired) electrons. The zero-order chi connectivity index (χ0) is 16.1. The number of imidazole rings is 1. The molecular formula is C17H17N5O. The van der Waals surface area contributed by atoms with Crippen molar-refractivity contribution in [2.45, 2.75) is 13.5 Å². The van der Waals surface area contributed by atoms with Crippen LogP contribution < -0.4 is 5.32 Å². The summed E-state index contributed by atoms with van der Waals surface area (Å²) in [5, 5.41) is 2.91. The minimum Gasteiger partial charge on any atom is -0.350 e. The second kappa shape index (κ2) is 6.83. The van der Waals surface area contributed by atoms with Gasteiger partial charge in [-0.3, -0.25) is 4.79 Å². The van der Waals surface area contributed by atoms with Gasteiger partial charge in [0.15, 0.2) is 11.6 Å². The number of hydrogen-bond donors (Lipinski definition) is 1. The molecule has 0 unspecified atom stereocenters. The molecule has 0 aliphatic carbocycles. The largest absolute Gasteiger partial charge is 0.350 e. The molecule has 6 nitrogen and oxygen atoms in total. The molecule has 116 valence electrons. The number of carbonyl (C=O) groups excluding carboxylic acids is 1. The number of amides is 1. The molecule has 3 aromatic rings. The van der Waals surface area contributed by atoms with Crippen molar-refractivity contribution in [1.82, 2.24) is 24.8 Å². The van der Waals surface area contributed by atoms with E-state index in [0.717, 1.165) is 5.56 Å². The Balaban J connectivity index is 1.60. The highest BCUT2D eigenvalue weighted by molar-refractivity contribution is 5.94. The highest BCUT2D eigenvalue weighted by Crippen LogP contribution is 2.10. The van der Waals surface area contributed by atoms with E-state index >= 15 is 0 Å². The SMILES string of the molecule is Cc1ccc(C(=O)NCCn2ccnc2-c2ncccn2)cc1.